The van der Waals surface area contributed by atoms with E-state index in [9.17, 15) is 18.0 Å². The van der Waals surface area contributed by atoms with Crippen molar-refractivity contribution in [2.75, 3.05) is 26.6 Å². The fraction of sp³-hybridized carbons (Fsp3) is 0.176. The first-order valence-electron chi connectivity index (χ1n) is 7.44. The molecule has 0 bridgehead atoms. The van der Waals surface area contributed by atoms with Crippen molar-refractivity contribution in [2.45, 2.75) is 4.90 Å². The Hall–Kier alpha value is -2.91. The molecule has 0 aromatic heterocycles. The first-order chi connectivity index (χ1) is 12.3. The number of anilines is 1. The lowest BCUT2D eigenvalue weighted by Gasteiger charge is -2.12. The lowest BCUT2D eigenvalue weighted by molar-refractivity contribution is 0.0602. The number of amides is 1. The summed E-state index contributed by atoms with van der Waals surface area (Å²) >= 11 is 0. The highest BCUT2D eigenvalue weighted by Crippen LogP contribution is 2.25. The van der Waals surface area contributed by atoms with Gasteiger partial charge in [-0.25, -0.2) is 17.9 Å². The number of rotatable bonds is 6. The van der Waals surface area contributed by atoms with Gasteiger partial charge in [0.05, 0.1) is 25.5 Å². The van der Waals surface area contributed by atoms with Gasteiger partial charge < -0.3 is 14.8 Å². The fourth-order valence-electron chi connectivity index (χ4n) is 2.21. The Bertz CT molecular complexity index is 940. The van der Waals surface area contributed by atoms with E-state index in [2.05, 4.69) is 14.8 Å². The molecule has 0 aliphatic carbocycles. The SMILES string of the molecule is CNS(=O)(=O)c1cc(C(=O)Nc2ccccc2C(=O)OC)ccc1OC. The molecule has 0 atom stereocenters. The van der Waals surface area contributed by atoms with Gasteiger partial charge in [0, 0.05) is 5.56 Å². The lowest BCUT2D eigenvalue weighted by Crippen LogP contribution is -2.21. The normalized spacial score (nSPS) is 10.9. The summed E-state index contributed by atoms with van der Waals surface area (Å²) in [6, 6.07) is 10.3. The van der Waals surface area contributed by atoms with E-state index in [1.165, 1.54) is 45.5 Å². The van der Waals surface area contributed by atoms with E-state index in [0.717, 1.165) is 0 Å². The van der Waals surface area contributed by atoms with Crippen molar-refractivity contribution in [3.05, 3.63) is 53.6 Å². The Morgan fingerprint density at radius 1 is 1.04 bits per heavy atom. The molecule has 26 heavy (non-hydrogen) atoms. The minimum Gasteiger partial charge on any atom is -0.495 e. The highest BCUT2D eigenvalue weighted by Gasteiger charge is 2.21. The van der Waals surface area contributed by atoms with Crippen LogP contribution in [0.25, 0.3) is 0 Å². The molecule has 2 rings (SSSR count). The Balaban J connectivity index is 2.40. The monoisotopic (exact) mass is 378 g/mol. The smallest absolute Gasteiger partial charge is 0.339 e. The molecule has 9 heteroatoms. The van der Waals surface area contributed by atoms with Gasteiger partial charge in [-0.1, -0.05) is 12.1 Å². The van der Waals surface area contributed by atoms with Crippen molar-refractivity contribution in [3.8, 4) is 5.75 Å². The van der Waals surface area contributed by atoms with Gasteiger partial charge in [0.25, 0.3) is 5.91 Å². The Labute approximate surface area is 151 Å². The minimum atomic E-state index is -3.82. The molecule has 0 aliphatic rings. The summed E-state index contributed by atoms with van der Waals surface area (Å²) in [6.45, 7) is 0. The zero-order chi connectivity index (χ0) is 19.3. The molecule has 2 N–H and O–H groups in total. The summed E-state index contributed by atoms with van der Waals surface area (Å²) in [7, 11) is -0.00130. The average molecular weight is 378 g/mol. The molecule has 0 fully saturated rings. The summed E-state index contributed by atoms with van der Waals surface area (Å²) in [5.41, 5.74) is 0.511. The van der Waals surface area contributed by atoms with Gasteiger partial charge in [-0.05, 0) is 37.4 Å². The molecule has 0 spiro atoms. The number of carbonyl (C=O) groups is 2. The first-order valence-corrected chi connectivity index (χ1v) is 8.92. The maximum absolute atomic E-state index is 12.5. The predicted octanol–water partition coefficient (Wildman–Crippen LogP) is 1.64. The van der Waals surface area contributed by atoms with Crippen LogP contribution in [0.2, 0.25) is 0 Å². The molecule has 2 aromatic rings. The van der Waals surface area contributed by atoms with Gasteiger partial charge in [0.2, 0.25) is 10.0 Å². The fourth-order valence-corrected chi connectivity index (χ4v) is 3.13. The van der Waals surface area contributed by atoms with Crippen molar-refractivity contribution >= 4 is 27.6 Å². The van der Waals surface area contributed by atoms with Crippen LogP contribution in [0.5, 0.6) is 5.75 Å². The zero-order valence-corrected chi connectivity index (χ0v) is 15.2. The van der Waals surface area contributed by atoms with Crippen LogP contribution in [0.3, 0.4) is 0 Å². The highest BCUT2D eigenvalue weighted by molar-refractivity contribution is 7.89. The number of hydrogen-bond acceptors (Lipinski definition) is 6. The number of carbonyl (C=O) groups excluding carboxylic acids is 2. The quantitative estimate of drug-likeness (QED) is 0.740. The van der Waals surface area contributed by atoms with Crippen molar-refractivity contribution in [2.24, 2.45) is 0 Å². The van der Waals surface area contributed by atoms with Crippen LogP contribution in [-0.4, -0.2) is 41.6 Å². The van der Waals surface area contributed by atoms with E-state index < -0.39 is 21.9 Å². The molecule has 0 saturated heterocycles. The van der Waals surface area contributed by atoms with Gasteiger partial charge in [0.1, 0.15) is 10.6 Å². The third kappa shape index (κ3) is 4.01. The molecule has 138 valence electrons. The van der Waals surface area contributed by atoms with Gasteiger partial charge >= 0.3 is 5.97 Å². The van der Waals surface area contributed by atoms with Crippen molar-refractivity contribution in [1.82, 2.24) is 4.72 Å². The van der Waals surface area contributed by atoms with Crippen molar-refractivity contribution < 1.29 is 27.5 Å². The summed E-state index contributed by atoms with van der Waals surface area (Å²) in [6.07, 6.45) is 0. The van der Waals surface area contributed by atoms with Crippen LogP contribution < -0.4 is 14.8 Å². The summed E-state index contributed by atoms with van der Waals surface area (Å²) in [5, 5.41) is 2.58. The maximum atomic E-state index is 12.5. The second-order valence-electron chi connectivity index (χ2n) is 5.06. The Morgan fingerprint density at radius 2 is 1.73 bits per heavy atom. The number of ether oxygens (including phenoxy) is 2. The number of sulfonamides is 1. The Morgan fingerprint density at radius 3 is 2.35 bits per heavy atom. The number of esters is 1. The largest absolute Gasteiger partial charge is 0.495 e. The third-order valence-electron chi connectivity index (χ3n) is 3.56. The molecule has 0 heterocycles. The third-order valence-corrected chi connectivity index (χ3v) is 5.00. The second-order valence-corrected chi connectivity index (χ2v) is 6.92. The molecule has 8 nitrogen and oxygen atoms in total. The van der Waals surface area contributed by atoms with Crippen LogP contribution in [0.1, 0.15) is 20.7 Å². The van der Waals surface area contributed by atoms with Crippen LogP contribution in [-0.2, 0) is 14.8 Å². The molecule has 1 amide bonds. The molecule has 0 unspecified atom stereocenters. The summed E-state index contributed by atoms with van der Waals surface area (Å²) in [5.74, 6) is -1.09. The lowest BCUT2D eigenvalue weighted by atomic mass is 10.1. The maximum Gasteiger partial charge on any atom is 0.339 e. The number of methoxy groups -OCH3 is 2. The average Bonchev–Trinajstić information content (AvgIpc) is 2.67. The molecule has 0 aliphatic heterocycles. The number of hydrogen-bond donors (Lipinski definition) is 2. The standard InChI is InChI=1S/C17H18N2O6S/c1-18-26(22,23)15-10-11(8-9-14(15)24-2)16(20)19-13-7-5-4-6-12(13)17(21)25-3/h4-10,18H,1-3H3,(H,19,20). The van der Waals surface area contributed by atoms with E-state index in [0.29, 0.717) is 0 Å². The number of para-hydroxylation sites is 1. The van der Waals surface area contributed by atoms with Crippen molar-refractivity contribution in [3.63, 3.8) is 0 Å². The van der Waals surface area contributed by atoms with Crippen LogP contribution in [0.15, 0.2) is 47.4 Å². The van der Waals surface area contributed by atoms with Crippen LogP contribution >= 0.6 is 0 Å². The minimum absolute atomic E-state index is 0.0827. The highest BCUT2D eigenvalue weighted by atomic mass is 32.2. The molecule has 0 radical (unpaired) electrons. The van der Waals surface area contributed by atoms with Gasteiger partial charge in [-0.15, -0.1) is 0 Å². The van der Waals surface area contributed by atoms with E-state index >= 15 is 0 Å². The van der Waals surface area contributed by atoms with Crippen molar-refractivity contribution in [1.29, 1.82) is 0 Å². The van der Waals surface area contributed by atoms with E-state index in [1.54, 1.807) is 18.2 Å². The molecule has 0 saturated carbocycles. The zero-order valence-electron chi connectivity index (χ0n) is 14.4. The van der Waals surface area contributed by atoms with E-state index in [-0.39, 0.29) is 27.5 Å². The molecule has 2 aromatic carbocycles. The second kappa shape index (κ2) is 7.98. The first kappa shape index (κ1) is 19.4. The number of benzene rings is 2. The topological polar surface area (TPSA) is 111 Å². The van der Waals surface area contributed by atoms with E-state index in [4.69, 9.17) is 4.74 Å². The molecular formula is C17H18N2O6S. The summed E-state index contributed by atoms with van der Waals surface area (Å²) in [4.78, 5) is 24.1. The number of nitrogens with one attached hydrogen (secondary N) is 2. The molecular weight excluding hydrogens is 360 g/mol. The predicted molar refractivity (Wildman–Crippen MR) is 95.0 cm³/mol. The van der Waals surface area contributed by atoms with Crippen LogP contribution in [0.4, 0.5) is 5.69 Å². The van der Waals surface area contributed by atoms with E-state index in [1.807, 2.05) is 0 Å². The van der Waals surface area contributed by atoms with Crippen LogP contribution in [0, 0.1) is 0 Å². The summed E-state index contributed by atoms with van der Waals surface area (Å²) < 4.78 is 36.1. The van der Waals surface area contributed by atoms with Gasteiger partial charge in [-0.2, -0.15) is 0 Å². The van der Waals surface area contributed by atoms with Gasteiger partial charge in [0.15, 0.2) is 0 Å². The Kier molecular flexibility index (Phi) is 5.96. The van der Waals surface area contributed by atoms with Gasteiger partial charge in [-0.3, -0.25) is 4.79 Å².